The van der Waals surface area contributed by atoms with Crippen LogP contribution in [0, 0.1) is 0 Å². The smallest absolute Gasteiger partial charge is 0.332 e. The lowest BCUT2D eigenvalue weighted by molar-refractivity contribution is -0.157. The number of carbonyl (C=O) groups excluding carboxylic acids is 2. The van der Waals surface area contributed by atoms with Gasteiger partial charge < -0.3 is 19.0 Å². The van der Waals surface area contributed by atoms with E-state index in [1.54, 1.807) is 26.0 Å². The van der Waals surface area contributed by atoms with E-state index in [1.807, 2.05) is 12.1 Å². The number of nitrogens with one attached hydrogen (secondary N) is 1. The molecule has 3 aromatic heterocycles. The highest BCUT2D eigenvalue weighted by atomic mass is 35.5. The lowest BCUT2D eigenvalue weighted by Gasteiger charge is -2.14. The molecule has 0 saturated heterocycles. The van der Waals surface area contributed by atoms with Gasteiger partial charge in [-0.1, -0.05) is 11.6 Å². The maximum Gasteiger partial charge on any atom is 0.332 e. The molecule has 3 heterocycles. The molecule has 12 heteroatoms. The zero-order chi connectivity index (χ0) is 25.4. The first kappa shape index (κ1) is 24.3. The minimum atomic E-state index is -1.51. The van der Waals surface area contributed by atoms with Gasteiger partial charge in [0.15, 0.2) is 11.2 Å². The van der Waals surface area contributed by atoms with Crippen LogP contribution in [0.4, 0.5) is 0 Å². The fraction of sp³-hybridized carbons (Fsp3) is 0.348. The summed E-state index contributed by atoms with van der Waals surface area (Å²) in [5.41, 5.74) is 0.305. The molecule has 0 aliphatic rings. The average molecular weight is 502 g/mol. The van der Waals surface area contributed by atoms with Crippen LogP contribution >= 0.6 is 11.6 Å². The van der Waals surface area contributed by atoms with Crippen molar-refractivity contribution in [3.63, 3.8) is 0 Å². The molecule has 11 nitrogen and oxygen atoms in total. The van der Waals surface area contributed by atoms with Crippen molar-refractivity contribution in [2.75, 3.05) is 13.2 Å². The number of imidazole rings is 1. The third-order valence-corrected chi connectivity index (χ3v) is 5.90. The summed E-state index contributed by atoms with van der Waals surface area (Å²) in [5, 5.41) is 1.41. The molecule has 0 amide bonds. The summed E-state index contributed by atoms with van der Waals surface area (Å²) in [6, 6.07) is 7.13. The molecule has 4 aromatic rings. The predicted octanol–water partition coefficient (Wildman–Crippen LogP) is 1.83. The van der Waals surface area contributed by atoms with Gasteiger partial charge in [-0.15, -0.1) is 0 Å². The Morgan fingerprint density at radius 2 is 1.71 bits per heavy atom. The van der Waals surface area contributed by atoms with Crippen LogP contribution in [0.15, 0.2) is 33.9 Å². The van der Waals surface area contributed by atoms with Crippen molar-refractivity contribution in [1.29, 1.82) is 0 Å². The lowest BCUT2D eigenvalue weighted by Crippen LogP contribution is -2.40. The van der Waals surface area contributed by atoms with E-state index in [1.165, 1.54) is 23.2 Å². The van der Waals surface area contributed by atoms with E-state index in [2.05, 4.69) is 9.97 Å². The molecule has 0 unspecified atom stereocenters. The van der Waals surface area contributed by atoms with E-state index in [0.29, 0.717) is 10.7 Å². The van der Waals surface area contributed by atoms with Gasteiger partial charge >= 0.3 is 17.6 Å². The second-order valence-electron chi connectivity index (χ2n) is 7.90. The first-order chi connectivity index (χ1) is 16.7. The van der Waals surface area contributed by atoms with Gasteiger partial charge in [0.25, 0.3) is 5.56 Å². The van der Waals surface area contributed by atoms with E-state index >= 15 is 0 Å². The number of hydrogen-bond acceptors (Lipinski definition) is 7. The van der Waals surface area contributed by atoms with E-state index in [0.717, 1.165) is 15.5 Å². The number of esters is 2. The van der Waals surface area contributed by atoms with E-state index in [9.17, 15) is 19.2 Å². The van der Waals surface area contributed by atoms with Crippen molar-refractivity contribution in [2.45, 2.75) is 26.3 Å². The number of ether oxygens (including phenoxy) is 2. The number of rotatable bonds is 7. The Kier molecular flexibility index (Phi) is 6.53. The van der Waals surface area contributed by atoms with Crippen molar-refractivity contribution in [2.24, 2.45) is 14.1 Å². The van der Waals surface area contributed by atoms with Crippen LogP contribution in [0.25, 0.3) is 22.1 Å². The van der Waals surface area contributed by atoms with Crippen molar-refractivity contribution in [3.8, 4) is 0 Å². The second-order valence-corrected chi connectivity index (χ2v) is 8.33. The highest BCUT2D eigenvalue weighted by molar-refractivity contribution is 6.31. The molecule has 0 aliphatic heterocycles. The van der Waals surface area contributed by atoms with Crippen LogP contribution in [0.1, 0.15) is 31.3 Å². The summed E-state index contributed by atoms with van der Waals surface area (Å²) in [6.07, 6.45) is 0. The van der Waals surface area contributed by atoms with Gasteiger partial charge in [-0.05, 0) is 38.1 Å². The molecule has 1 N–H and O–H groups in total. The number of fused-ring (bicyclic) bond motifs is 2. The third kappa shape index (κ3) is 4.23. The number of hydrogen-bond donors (Lipinski definition) is 1. The number of aromatic nitrogens is 5. The largest absolute Gasteiger partial charge is 0.465 e. The molecular weight excluding hydrogens is 478 g/mol. The maximum atomic E-state index is 13.4. The minimum absolute atomic E-state index is 0.0343. The molecule has 35 heavy (non-hydrogen) atoms. The highest BCUT2D eigenvalue weighted by Gasteiger charge is 2.37. The van der Waals surface area contributed by atoms with Crippen molar-refractivity contribution in [1.82, 2.24) is 23.7 Å². The van der Waals surface area contributed by atoms with E-state index in [-0.39, 0.29) is 36.7 Å². The molecule has 1 aromatic carbocycles. The van der Waals surface area contributed by atoms with Gasteiger partial charge in [0.05, 0.1) is 19.8 Å². The molecule has 0 bridgehead atoms. The topological polar surface area (TPSA) is 130 Å². The Balaban J connectivity index is 1.87. The molecule has 0 radical (unpaired) electrons. The van der Waals surface area contributed by atoms with E-state index < -0.39 is 29.1 Å². The standard InChI is InChI=1S/C23H24ClN5O6/c1-5-34-21(31)16(22(32)35-6-2)18-26-19-17(27(18)3)20(30)29(23(33)28(19)4)11-14-10-12-9-13(24)7-8-15(12)25-14/h7-10,16,25H,5-6,11H2,1-4H3. The summed E-state index contributed by atoms with van der Waals surface area (Å²) in [4.78, 5) is 59.2. The SMILES string of the molecule is CCOC(=O)C(C(=O)OCC)c1nc2c(c(=O)n(Cc3cc4cc(Cl)ccc4[nH]3)c(=O)n2C)n1C. The zero-order valence-corrected chi connectivity index (χ0v) is 20.4. The van der Waals surface area contributed by atoms with Crippen LogP contribution in [0.2, 0.25) is 5.02 Å². The molecule has 184 valence electrons. The van der Waals surface area contributed by atoms with Crippen LogP contribution in [-0.2, 0) is 39.7 Å². The zero-order valence-electron chi connectivity index (χ0n) is 19.6. The molecular formula is C23H24ClN5O6. The number of aryl methyl sites for hydroxylation is 2. The number of nitrogens with zero attached hydrogens (tertiary/aromatic N) is 4. The van der Waals surface area contributed by atoms with Gasteiger partial charge in [0.2, 0.25) is 5.92 Å². The summed E-state index contributed by atoms with van der Waals surface area (Å²) in [6.45, 7) is 3.26. The molecule has 4 rings (SSSR count). The average Bonchev–Trinajstić information content (AvgIpc) is 3.36. The summed E-state index contributed by atoms with van der Waals surface area (Å²) in [5.74, 6) is -3.27. The molecule has 0 atom stereocenters. The summed E-state index contributed by atoms with van der Waals surface area (Å²) < 4.78 is 13.7. The van der Waals surface area contributed by atoms with E-state index in [4.69, 9.17) is 21.1 Å². The van der Waals surface area contributed by atoms with Crippen LogP contribution in [-0.4, -0.2) is 48.8 Å². The molecule has 0 fully saturated rings. The second kappa shape index (κ2) is 9.41. The third-order valence-electron chi connectivity index (χ3n) is 5.66. The minimum Gasteiger partial charge on any atom is -0.465 e. The number of carbonyl (C=O) groups is 2. The monoisotopic (exact) mass is 501 g/mol. The van der Waals surface area contributed by atoms with Crippen molar-refractivity contribution < 1.29 is 19.1 Å². The number of H-pyrrole nitrogens is 1. The molecule has 0 saturated carbocycles. The van der Waals surface area contributed by atoms with Gasteiger partial charge in [-0.25, -0.2) is 9.78 Å². The molecule has 0 spiro atoms. The first-order valence-electron chi connectivity index (χ1n) is 10.9. The van der Waals surface area contributed by atoms with Gasteiger partial charge in [0.1, 0.15) is 5.82 Å². The molecule has 0 aliphatic carbocycles. The van der Waals surface area contributed by atoms with Crippen molar-refractivity contribution >= 4 is 45.6 Å². The maximum absolute atomic E-state index is 13.4. The number of aromatic amines is 1. The lowest BCUT2D eigenvalue weighted by atomic mass is 10.1. The Hall–Kier alpha value is -3.86. The van der Waals surface area contributed by atoms with Crippen LogP contribution in [0.3, 0.4) is 0 Å². The first-order valence-corrected chi connectivity index (χ1v) is 11.3. The Bertz CT molecular complexity index is 1560. The Morgan fingerprint density at radius 3 is 2.34 bits per heavy atom. The fourth-order valence-corrected chi connectivity index (χ4v) is 4.22. The normalized spacial score (nSPS) is 11.5. The number of benzene rings is 1. The summed E-state index contributed by atoms with van der Waals surface area (Å²) in [7, 11) is 2.96. The van der Waals surface area contributed by atoms with Gasteiger partial charge in [0, 0.05) is 35.7 Å². The van der Waals surface area contributed by atoms with Crippen molar-refractivity contribution in [3.05, 3.63) is 61.6 Å². The van der Waals surface area contributed by atoms with Gasteiger partial charge in [-0.3, -0.25) is 23.5 Å². The highest BCUT2D eigenvalue weighted by Crippen LogP contribution is 2.23. The van der Waals surface area contributed by atoms with Crippen LogP contribution < -0.4 is 11.2 Å². The van der Waals surface area contributed by atoms with Gasteiger partial charge in [-0.2, -0.15) is 0 Å². The fourth-order valence-electron chi connectivity index (χ4n) is 4.04. The van der Waals surface area contributed by atoms with Crippen LogP contribution in [0.5, 0.6) is 0 Å². The number of halogens is 1. The predicted molar refractivity (Wildman–Crippen MR) is 129 cm³/mol. The quantitative estimate of drug-likeness (QED) is 0.302. The Morgan fingerprint density at radius 1 is 1.06 bits per heavy atom. The summed E-state index contributed by atoms with van der Waals surface area (Å²) >= 11 is 6.06. The Labute approximate surface area is 203 Å².